The highest BCUT2D eigenvalue weighted by atomic mass is 32.1. The van der Waals surface area contributed by atoms with Crippen LogP contribution in [0.3, 0.4) is 0 Å². The maximum atomic E-state index is 10.6. The van der Waals surface area contributed by atoms with Crippen LogP contribution in [-0.4, -0.2) is 32.4 Å². The van der Waals surface area contributed by atoms with Gasteiger partial charge in [0, 0.05) is 11.8 Å². The molecule has 0 saturated heterocycles. The van der Waals surface area contributed by atoms with E-state index in [0.717, 1.165) is 22.0 Å². The smallest absolute Gasteiger partial charge is 0.475 e. The van der Waals surface area contributed by atoms with E-state index in [4.69, 9.17) is 9.90 Å². The molecule has 5 nitrogen and oxygen atoms in total. The Labute approximate surface area is 145 Å². The summed E-state index contributed by atoms with van der Waals surface area (Å²) in [7, 11) is 0. The summed E-state index contributed by atoms with van der Waals surface area (Å²) in [6, 6.07) is 10.4. The molecule has 2 heterocycles. The van der Waals surface area contributed by atoms with Crippen LogP contribution in [0.4, 0.5) is 13.2 Å². The molecule has 25 heavy (non-hydrogen) atoms. The number of aromatic nitrogens is 3. The van der Waals surface area contributed by atoms with Crippen molar-refractivity contribution in [3.8, 4) is 21.7 Å². The number of aliphatic carboxylic acids is 1. The molecule has 0 atom stereocenters. The Hall–Kier alpha value is -2.68. The number of H-pyrrole nitrogens is 1. The molecule has 2 N–H and O–H groups in total. The number of carbonyl (C=O) groups is 1. The number of nitrogens with zero attached hydrogens (tertiary/aromatic N) is 2. The summed E-state index contributed by atoms with van der Waals surface area (Å²) in [6.07, 6.45) is -3.32. The van der Waals surface area contributed by atoms with Crippen molar-refractivity contribution in [2.75, 3.05) is 0 Å². The van der Waals surface area contributed by atoms with Gasteiger partial charge in [0.05, 0.1) is 21.3 Å². The highest BCUT2D eigenvalue weighted by Gasteiger charge is 2.38. The van der Waals surface area contributed by atoms with E-state index in [2.05, 4.69) is 46.4 Å². The normalized spacial score (nSPS) is 10.9. The van der Waals surface area contributed by atoms with Gasteiger partial charge in [0.1, 0.15) is 0 Å². The molecule has 0 spiro atoms. The number of carboxylic acid groups (broad SMARTS) is 1. The van der Waals surface area contributed by atoms with Crippen LogP contribution in [0, 0.1) is 13.8 Å². The first-order valence-corrected chi connectivity index (χ1v) is 7.84. The van der Waals surface area contributed by atoms with Crippen LogP contribution in [0.5, 0.6) is 0 Å². The van der Waals surface area contributed by atoms with Gasteiger partial charge in [0.2, 0.25) is 0 Å². The van der Waals surface area contributed by atoms with Crippen molar-refractivity contribution in [2.45, 2.75) is 20.0 Å². The van der Waals surface area contributed by atoms with E-state index in [-0.39, 0.29) is 0 Å². The number of hydrogen-bond donors (Lipinski definition) is 2. The van der Waals surface area contributed by atoms with Crippen LogP contribution >= 0.6 is 11.3 Å². The Morgan fingerprint density at radius 2 is 1.84 bits per heavy atom. The molecule has 3 rings (SSSR count). The monoisotopic (exact) mass is 369 g/mol. The number of carboxylic acids is 1. The van der Waals surface area contributed by atoms with Crippen LogP contribution in [0.1, 0.15) is 10.7 Å². The number of thiazole rings is 1. The van der Waals surface area contributed by atoms with Gasteiger partial charge < -0.3 is 5.11 Å². The van der Waals surface area contributed by atoms with Crippen molar-refractivity contribution >= 4 is 17.3 Å². The second-order valence-electron chi connectivity index (χ2n) is 5.00. The summed E-state index contributed by atoms with van der Waals surface area (Å²) in [5.41, 5.74) is 4.50. The zero-order valence-electron chi connectivity index (χ0n) is 13.3. The number of rotatable bonds is 2. The summed E-state index contributed by atoms with van der Waals surface area (Å²) < 4.78 is 31.7. The number of aromatic amines is 1. The fourth-order valence-corrected chi connectivity index (χ4v) is 2.96. The molecule has 0 aliphatic heterocycles. The van der Waals surface area contributed by atoms with Crippen molar-refractivity contribution in [3.63, 3.8) is 0 Å². The van der Waals surface area contributed by atoms with Crippen molar-refractivity contribution in [1.29, 1.82) is 0 Å². The fraction of sp³-hybridized carbons (Fsp3) is 0.188. The number of halogens is 3. The van der Waals surface area contributed by atoms with E-state index in [1.165, 1.54) is 10.4 Å². The minimum absolute atomic E-state index is 1.04. The Bertz CT molecular complexity index is 858. The molecule has 0 aliphatic rings. The molecule has 0 saturated carbocycles. The molecular weight excluding hydrogens is 355 g/mol. The third-order valence-corrected chi connectivity index (χ3v) is 4.20. The van der Waals surface area contributed by atoms with E-state index >= 15 is 0 Å². The molecule has 3 aromatic rings. The lowest BCUT2D eigenvalue weighted by molar-refractivity contribution is -0.192. The van der Waals surface area contributed by atoms with E-state index in [9.17, 15) is 13.2 Å². The second-order valence-corrected chi connectivity index (χ2v) is 6.20. The number of nitrogens with one attached hydrogen (secondary N) is 1. The number of benzene rings is 1. The highest BCUT2D eigenvalue weighted by molar-refractivity contribution is 7.15. The lowest BCUT2D eigenvalue weighted by Crippen LogP contribution is -2.21. The number of aryl methyl sites for hydroxylation is 2. The Morgan fingerprint density at radius 3 is 2.32 bits per heavy atom. The molecule has 1 aromatic carbocycles. The van der Waals surface area contributed by atoms with E-state index in [1.807, 2.05) is 13.0 Å². The van der Waals surface area contributed by atoms with E-state index in [1.54, 1.807) is 17.5 Å². The summed E-state index contributed by atoms with van der Waals surface area (Å²) in [6.45, 7) is 4.10. The first-order valence-electron chi connectivity index (χ1n) is 7.03. The highest BCUT2D eigenvalue weighted by Crippen LogP contribution is 2.31. The maximum absolute atomic E-state index is 10.6. The fourth-order valence-electron chi connectivity index (χ4n) is 2.04. The molecule has 2 aromatic heterocycles. The lowest BCUT2D eigenvalue weighted by atomic mass is 10.1. The lowest BCUT2D eigenvalue weighted by Gasteiger charge is -2.02. The van der Waals surface area contributed by atoms with E-state index < -0.39 is 12.1 Å². The molecule has 0 aliphatic carbocycles. The summed E-state index contributed by atoms with van der Waals surface area (Å²) in [5.74, 6) is -2.76. The molecule has 0 amide bonds. The predicted octanol–water partition coefficient (Wildman–Crippen LogP) is 4.45. The topological polar surface area (TPSA) is 78.9 Å². The predicted molar refractivity (Wildman–Crippen MR) is 88.3 cm³/mol. The third-order valence-electron chi connectivity index (χ3n) is 3.08. The van der Waals surface area contributed by atoms with Gasteiger partial charge in [0.25, 0.3) is 0 Å². The molecule has 132 valence electrons. The Balaban J connectivity index is 0.000000277. The minimum atomic E-state index is -5.08. The Morgan fingerprint density at radius 1 is 1.20 bits per heavy atom. The van der Waals surface area contributed by atoms with Gasteiger partial charge in [-0.15, -0.1) is 11.3 Å². The summed E-state index contributed by atoms with van der Waals surface area (Å²) >= 11 is 1.74. The van der Waals surface area contributed by atoms with E-state index in [0.29, 0.717) is 0 Å². The largest absolute Gasteiger partial charge is 0.490 e. The van der Waals surface area contributed by atoms with Crippen molar-refractivity contribution in [2.24, 2.45) is 0 Å². The third kappa shape index (κ3) is 4.90. The van der Waals surface area contributed by atoms with Crippen molar-refractivity contribution < 1.29 is 23.1 Å². The van der Waals surface area contributed by atoms with Gasteiger partial charge in [-0.05, 0) is 31.5 Å². The summed E-state index contributed by atoms with van der Waals surface area (Å²) in [5, 5.41) is 15.2. The first-order chi connectivity index (χ1) is 11.7. The van der Waals surface area contributed by atoms with Crippen LogP contribution in [0.15, 0.2) is 36.5 Å². The first kappa shape index (κ1) is 18.7. The molecule has 0 unspecified atom stereocenters. The average molecular weight is 369 g/mol. The number of hydrogen-bond acceptors (Lipinski definition) is 4. The van der Waals surface area contributed by atoms with Crippen molar-refractivity contribution in [3.05, 3.63) is 47.2 Å². The quantitative estimate of drug-likeness (QED) is 0.699. The molecule has 0 radical (unpaired) electrons. The molecular formula is C16H14F3N3O2S. The van der Waals surface area contributed by atoms with Gasteiger partial charge in [-0.2, -0.15) is 18.3 Å². The van der Waals surface area contributed by atoms with Crippen LogP contribution < -0.4 is 0 Å². The van der Waals surface area contributed by atoms with Gasteiger partial charge >= 0.3 is 12.1 Å². The second kappa shape index (κ2) is 7.47. The maximum Gasteiger partial charge on any atom is 0.490 e. The van der Waals surface area contributed by atoms with Crippen LogP contribution in [-0.2, 0) is 4.79 Å². The molecule has 0 bridgehead atoms. The molecule has 0 fully saturated rings. The van der Waals surface area contributed by atoms with Gasteiger partial charge in [-0.25, -0.2) is 9.78 Å². The van der Waals surface area contributed by atoms with Crippen LogP contribution in [0.25, 0.3) is 21.7 Å². The average Bonchev–Trinajstić information content (AvgIpc) is 3.17. The van der Waals surface area contributed by atoms with Crippen molar-refractivity contribution in [1.82, 2.24) is 15.2 Å². The Kier molecular flexibility index (Phi) is 5.58. The zero-order chi connectivity index (χ0) is 18.6. The van der Waals surface area contributed by atoms with Gasteiger partial charge in [0.15, 0.2) is 0 Å². The van der Waals surface area contributed by atoms with Gasteiger partial charge in [-0.3, -0.25) is 5.10 Å². The SMILES string of the molecule is Cc1nc(C)c(-c2cccc(-c3ccn[nH]3)c2)s1.O=C(O)C(F)(F)F. The van der Waals surface area contributed by atoms with Crippen LogP contribution in [0.2, 0.25) is 0 Å². The molecule has 9 heteroatoms. The summed E-state index contributed by atoms with van der Waals surface area (Å²) in [4.78, 5) is 14.6. The standard InChI is InChI=1S/C14H13N3S.C2HF3O2/c1-9-14(18-10(2)16-9)12-5-3-4-11(8-12)13-6-7-15-17-13;3-2(4,5)1(6)7/h3-8H,1-2H3,(H,15,17);(H,6,7). The zero-order valence-corrected chi connectivity index (χ0v) is 14.1. The minimum Gasteiger partial charge on any atom is -0.475 e. The number of alkyl halides is 3. The van der Waals surface area contributed by atoms with Gasteiger partial charge in [-0.1, -0.05) is 18.2 Å².